The molecule has 0 saturated carbocycles. The minimum Gasteiger partial charge on any atom is -0.317 e. The van der Waals surface area contributed by atoms with Gasteiger partial charge in [-0.2, -0.15) is 0 Å². The van der Waals surface area contributed by atoms with E-state index in [-0.39, 0.29) is 5.91 Å². The van der Waals surface area contributed by atoms with Crippen molar-refractivity contribution >= 4 is 40.3 Å². The molecule has 0 bridgehead atoms. The molecule has 5 heteroatoms. The summed E-state index contributed by atoms with van der Waals surface area (Å²) in [5.41, 5.74) is 4.60. The van der Waals surface area contributed by atoms with Crippen molar-refractivity contribution in [1.29, 1.82) is 0 Å². The van der Waals surface area contributed by atoms with Gasteiger partial charge in [0.15, 0.2) is 0 Å². The number of rotatable bonds is 3. The number of amides is 1. The van der Waals surface area contributed by atoms with Crippen LogP contribution in [-0.2, 0) is 4.79 Å². The van der Waals surface area contributed by atoms with Gasteiger partial charge in [0.05, 0.1) is 4.91 Å². The molecule has 0 radical (unpaired) electrons. The Morgan fingerprint density at radius 3 is 2.70 bits per heavy atom. The smallest absolute Gasteiger partial charge is 0.266 e. The fraction of sp³-hybridized carbons (Fsp3) is 0.222. The Morgan fingerprint density at radius 1 is 1.22 bits per heavy atom. The zero-order valence-corrected chi connectivity index (χ0v) is 15.0. The minimum absolute atomic E-state index is 0.00351. The Bertz CT molecular complexity index is 820. The number of likely N-dealkylation sites (N-methyl/N-ethyl adjacent to an activating group) is 1. The number of aryl methyl sites for hydroxylation is 1. The lowest BCUT2D eigenvalue weighted by atomic mass is 10.1. The van der Waals surface area contributed by atoms with Gasteiger partial charge in [0, 0.05) is 24.1 Å². The van der Waals surface area contributed by atoms with Crippen LogP contribution in [0, 0.1) is 13.8 Å². The van der Waals surface area contributed by atoms with E-state index in [1.54, 1.807) is 4.90 Å². The molecule has 0 spiro atoms. The van der Waals surface area contributed by atoms with Crippen molar-refractivity contribution in [1.82, 2.24) is 9.47 Å². The van der Waals surface area contributed by atoms with E-state index in [9.17, 15) is 4.79 Å². The average Bonchev–Trinajstić information content (AvgIpc) is 3.08. The molecule has 1 aliphatic heterocycles. The van der Waals surface area contributed by atoms with Crippen molar-refractivity contribution in [3.05, 3.63) is 58.3 Å². The molecule has 3 rings (SSSR count). The average molecular weight is 342 g/mol. The molecule has 1 aliphatic rings. The van der Waals surface area contributed by atoms with Crippen molar-refractivity contribution < 1.29 is 4.79 Å². The van der Waals surface area contributed by atoms with Crippen LogP contribution in [0.5, 0.6) is 0 Å². The molecule has 3 nitrogen and oxygen atoms in total. The predicted octanol–water partition coefficient (Wildman–Crippen LogP) is 4.32. The number of aromatic nitrogens is 1. The van der Waals surface area contributed by atoms with Gasteiger partial charge >= 0.3 is 0 Å². The number of nitrogens with zero attached hydrogens (tertiary/aromatic N) is 2. The SMILES string of the molecule is CCN1C(=O)/C(=C/c2cccn2-c2cccc(C)c2C)SC1=S. The van der Waals surface area contributed by atoms with Crippen molar-refractivity contribution in [2.45, 2.75) is 20.8 Å². The molecule has 118 valence electrons. The van der Waals surface area contributed by atoms with Gasteiger partial charge in [-0.05, 0) is 56.2 Å². The first-order chi connectivity index (χ1) is 11.0. The van der Waals surface area contributed by atoms with Gasteiger partial charge in [0.1, 0.15) is 4.32 Å². The van der Waals surface area contributed by atoms with E-state index in [1.807, 2.05) is 31.3 Å². The Morgan fingerprint density at radius 2 is 2.00 bits per heavy atom. The zero-order valence-electron chi connectivity index (χ0n) is 13.4. The summed E-state index contributed by atoms with van der Waals surface area (Å²) in [6.45, 7) is 6.77. The largest absolute Gasteiger partial charge is 0.317 e. The van der Waals surface area contributed by atoms with E-state index < -0.39 is 0 Å². The summed E-state index contributed by atoms with van der Waals surface area (Å²) < 4.78 is 2.74. The highest BCUT2D eigenvalue weighted by atomic mass is 32.2. The first-order valence-corrected chi connectivity index (χ1v) is 8.74. The zero-order chi connectivity index (χ0) is 16.6. The van der Waals surface area contributed by atoms with E-state index >= 15 is 0 Å². The van der Waals surface area contributed by atoms with Crippen molar-refractivity contribution in [2.24, 2.45) is 0 Å². The minimum atomic E-state index is -0.00351. The summed E-state index contributed by atoms with van der Waals surface area (Å²) in [6.07, 6.45) is 3.95. The fourth-order valence-electron chi connectivity index (χ4n) is 2.63. The number of thiocarbonyl (C=S) groups is 1. The topological polar surface area (TPSA) is 25.2 Å². The summed E-state index contributed by atoms with van der Waals surface area (Å²) in [7, 11) is 0. The van der Waals surface area contributed by atoms with Crippen LogP contribution in [0.4, 0.5) is 0 Å². The molecule has 0 unspecified atom stereocenters. The van der Waals surface area contributed by atoms with Gasteiger partial charge in [0.25, 0.3) is 5.91 Å². The maximum absolute atomic E-state index is 12.4. The van der Waals surface area contributed by atoms with Crippen LogP contribution in [0.3, 0.4) is 0 Å². The molecule has 0 N–H and O–H groups in total. The second kappa shape index (κ2) is 6.34. The van der Waals surface area contributed by atoms with Gasteiger partial charge < -0.3 is 4.57 Å². The van der Waals surface area contributed by atoms with E-state index in [2.05, 4.69) is 36.6 Å². The molecule has 2 heterocycles. The summed E-state index contributed by atoms with van der Waals surface area (Å²) in [4.78, 5) is 14.7. The highest BCUT2D eigenvalue weighted by Crippen LogP contribution is 2.33. The lowest BCUT2D eigenvalue weighted by molar-refractivity contribution is -0.121. The third-order valence-corrected chi connectivity index (χ3v) is 5.46. The lowest BCUT2D eigenvalue weighted by Crippen LogP contribution is -2.27. The van der Waals surface area contributed by atoms with Crippen LogP contribution in [0.15, 0.2) is 41.4 Å². The molecule has 2 aromatic rings. The van der Waals surface area contributed by atoms with Crippen LogP contribution >= 0.6 is 24.0 Å². The number of carbonyl (C=O) groups excluding carboxylic acids is 1. The summed E-state index contributed by atoms with van der Waals surface area (Å²) in [6, 6.07) is 10.3. The quantitative estimate of drug-likeness (QED) is 0.614. The molecular weight excluding hydrogens is 324 g/mol. The number of hydrogen-bond donors (Lipinski definition) is 0. The molecule has 0 atom stereocenters. The van der Waals surface area contributed by atoms with Gasteiger partial charge in [-0.1, -0.05) is 36.1 Å². The van der Waals surface area contributed by atoms with Crippen molar-refractivity contribution in [2.75, 3.05) is 6.54 Å². The third-order valence-electron chi connectivity index (χ3n) is 4.08. The maximum Gasteiger partial charge on any atom is 0.266 e. The summed E-state index contributed by atoms with van der Waals surface area (Å²) in [5, 5.41) is 0. The van der Waals surface area contributed by atoms with Gasteiger partial charge in [-0.3, -0.25) is 9.69 Å². The van der Waals surface area contributed by atoms with E-state index in [0.717, 1.165) is 11.4 Å². The van der Waals surface area contributed by atoms with Crippen molar-refractivity contribution in [3.63, 3.8) is 0 Å². The van der Waals surface area contributed by atoms with Gasteiger partial charge in [-0.15, -0.1) is 0 Å². The highest BCUT2D eigenvalue weighted by molar-refractivity contribution is 8.26. The first-order valence-electron chi connectivity index (χ1n) is 7.52. The van der Waals surface area contributed by atoms with Gasteiger partial charge in [0.2, 0.25) is 0 Å². The Kier molecular flexibility index (Phi) is 4.41. The number of carbonyl (C=O) groups is 1. The van der Waals surface area contributed by atoms with Gasteiger partial charge in [-0.25, -0.2) is 0 Å². The molecule has 1 amide bonds. The predicted molar refractivity (Wildman–Crippen MR) is 101 cm³/mol. The monoisotopic (exact) mass is 342 g/mol. The first kappa shape index (κ1) is 16.0. The lowest BCUT2D eigenvalue weighted by Gasteiger charge is -2.12. The summed E-state index contributed by atoms with van der Waals surface area (Å²) >= 11 is 6.65. The summed E-state index contributed by atoms with van der Waals surface area (Å²) in [5.74, 6) is -0.00351. The maximum atomic E-state index is 12.4. The third kappa shape index (κ3) is 2.86. The molecule has 1 aromatic heterocycles. The Labute approximate surface area is 146 Å². The van der Waals surface area contributed by atoms with Crippen LogP contribution in [-0.4, -0.2) is 26.2 Å². The van der Waals surface area contributed by atoms with Crippen molar-refractivity contribution in [3.8, 4) is 5.69 Å². The molecule has 1 aromatic carbocycles. The molecule has 0 aliphatic carbocycles. The van der Waals surface area contributed by atoms with E-state index in [0.29, 0.717) is 15.8 Å². The molecular formula is C18H18N2OS2. The Balaban J connectivity index is 2.03. The molecule has 1 fully saturated rings. The number of benzene rings is 1. The molecule has 23 heavy (non-hydrogen) atoms. The standard InChI is InChI=1S/C18H18N2OS2/c1-4-19-17(21)16(23-18(19)22)11-14-8-6-10-20(14)15-9-5-7-12(2)13(15)3/h5-11H,4H2,1-3H3/b16-11-. The number of thioether (sulfide) groups is 1. The van der Waals surface area contributed by atoms with Crippen LogP contribution in [0.25, 0.3) is 11.8 Å². The van der Waals surface area contributed by atoms with Crippen LogP contribution < -0.4 is 0 Å². The second-order valence-electron chi connectivity index (χ2n) is 5.45. The molecule has 1 saturated heterocycles. The van der Waals surface area contributed by atoms with E-state index in [1.165, 1.54) is 22.9 Å². The Hall–Kier alpha value is -1.85. The van der Waals surface area contributed by atoms with E-state index in [4.69, 9.17) is 12.2 Å². The fourth-order valence-corrected chi connectivity index (χ4v) is 4.00. The normalized spacial score (nSPS) is 16.7. The van der Waals surface area contributed by atoms with Crippen LogP contribution in [0.2, 0.25) is 0 Å². The number of hydrogen-bond acceptors (Lipinski definition) is 3. The highest BCUT2D eigenvalue weighted by Gasteiger charge is 2.30. The second-order valence-corrected chi connectivity index (χ2v) is 7.12. The van der Waals surface area contributed by atoms with Crippen LogP contribution in [0.1, 0.15) is 23.7 Å².